The van der Waals surface area contributed by atoms with E-state index in [2.05, 4.69) is 47.6 Å². The Morgan fingerprint density at radius 2 is 1.50 bits per heavy atom. The molecule has 0 aromatic carbocycles. The molecule has 12 heavy (non-hydrogen) atoms. The molecule has 0 amide bonds. The zero-order chi connectivity index (χ0) is 9.83. The molecule has 0 unspecified atom stereocenters. The third kappa shape index (κ3) is 9.54. The van der Waals surface area contributed by atoms with Crippen molar-refractivity contribution in [1.29, 1.82) is 0 Å². The zero-order valence-electron chi connectivity index (χ0n) is 9.27. The summed E-state index contributed by atoms with van der Waals surface area (Å²) in [5.74, 6) is 0. The molecule has 0 aromatic rings. The Kier molecular flexibility index (Phi) is 3.82. The molecule has 0 saturated heterocycles. The van der Waals surface area contributed by atoms with E-state index in [9.17, 15) is 0 Å². The van der Waals surface area contributed by atoms with E-state index in [0.717, 1.165) is 6.42 Å². The first-order valence-corrected chi connectivity index (χ1v) is 4.53. The monoisotopic (exact) mass is 170 g/mol. The topological polar surface area (TPSA) is 9.23 Å². The van der Waals surface area contributed by atoms with E-state index in [0.29, 0.717) is 5.41 Å². The number of hydrogen-bond donors (Lipinski definition) is 0. The molecule has 0 aliphatic rings. The van der Waals surface area contributed by atoms with Gasteiger partial charge in [-0.1, -0.05) is 20.8 Å². The summed E-state index contributed by atoms with van der Waals surface area (Å²) in [6.07, 6.45) is 4.96. The van der Waals surface area contributed by atoms with Gasteiger partial charge in [0.2, 0.25) is 0 Å². The summed E-state index contributed by atoms with van der Waals surface area (Å²) >= 11 is 0. The van der Waals surface area contributed by atoms with E-state index in [1.54, 1.807) is 0 Å². The van der Waals surface area contributed by atoms with Gasteiger partial charge in [-0.2, -0.15) is 0 Å². The van der Waals surface area contributed by atoms with Gasteiger partial charge in [0, 0.05) is 0 Å². The average molecular weight is 170 g/mol. The molecule has 1 heteroatoms. The first kappa shape index (κ1) is 11.5. The SMILES string of the molecule is CC(C)(C)C/C=C\OC(C)(C)C. The summed E-state index contributed by atoms with van der Waals surface area (Å²) < 4.78 is 5.44. The molecule has 0 radical (unpaired) electrons. The van der Waals surface area contributed by atoms with E-state index in [4.69, 9.17) is 4.74 Å². The maximum absolute atomic E-state index is 5.44. The van der Waals surface area contributed by atoms with Crippen LogP contribution in [0.3, 0.4) is 0 Å². The summed E-state index contributed by atoms with van der Waals surface area (Å²) in [5, 5.41) is 0. The van der Waals surface area contributed by atoms with Crippen LogP contribution in [0.15, 0.2) is 12.3 Å². The van der Waals surface area contributed by atoms with Crippen LogP contribution in [0.5, 0.6) is 0 Å². The molecule has 0 saturated carbocycles. The summed E-state index contributed by atoms with van der Waals surface area (Å²) in [6.45, 7) is 12.8. The fraction of sp³-hybridized carbons (Fsp3) is 0.818. The predicted octanol–water partition coefficient (Wildman–Crippen LogP) is 3.75. The van der Waals surface area contributed by atoms with Crippen LogP contribution < -0.4 is 0 Å². The molecular weight excluding hydrogens is 148 g/mol. The van der Waals surface area contributed by atoms with Crippen molar-refractivity contribution < 1.29 is 4.74 Å². The number of allylic oxidation sites excluding steroid dienone is 1. The molecule has 0 fully saturated rings. The molecular formula is C11H22O. The zero-order valence-corrected chi connectivity index (χ0v) is 9.27. The van der Waals surface area contributed by atoms with Crippen LogP contribution in [-0.4, -0.2) is 5.60 Å². The second kappa shape index (κ2) is 3.97. The van der Waals surface area contributed by atoms with Crippen molar-refractivity contribution in [2.75, 3.05) is 0 Å². The number of ether oxygens (including phenoxy) is 1. The van der Waals surface area contributed by atoms with Crippen LogP contribution in [0, 0.1) is 5.41 Å². The highest BCUT2D eigenvalue weighted by atomic mass is 16.5. The lowest BCUT2D eigenvalue weighted by molar-refractivity contribution is 0.0757. The smallest absolute Gasteiger partial charge is 0.0998 e. The van der Waals surface area contributed by atoms with Gasteiger partial charge in [0.15, 0.2) is 0 Å². The third-order valence-electron chi connectivity index (χ3n) is 1.25. The third-order valence-corrected chi connectivity index (χ3v) is 1.25. The average Bonchev–Trinajstić information content (AvgIpc) is 1.76. The van der Waals surface area contributed by atoms with Gasteiger partial charge < -0.3 is 4.74 Å². The van der Waals surface area contributed by atoms with Crippen molar-refractivity contribution in [3.63, 3.8) is 0 Å². The lowest BCUT2D eigenvalue weighted by Gasteiger charge is -2.19. The van der Waals surface area contributed by atoms with Crippen LogP contribution in [-0.2, 0) is 4.74 Å². The maximum Gasteiger partial charge on any atom is 0.0998 e. The van der Waals surface area contributed by atoms with Crippen molar-refractivity contribution in [3.05, 3.63) is 12.3 Å². The molecule has 0 rings (SSSR count). The van der Waals surface area contributed by atoms with E-state index in [1.807, 2.05) is 6.26 Å². The van der Waals surface area contributed by atoms with Crippen molar-refractivity contribution >= 4 is 0 Å². The molecule has 0 N–H and O–H groups in total. The highest BCUT2D eigenvalue weighted by molar-refractivity contribution is 4.81. The molecule has 72 valence electrons. The fourth-order valence-electron chi connectivity index (χ4n) is 0.654. The molecule has 0 heterocycles. The predicted molar refractivity (Wildman–Crippen MR) is 54.1 cm³/mol. The summed E-state index contributed by atoms with van der Waals surface area (Å²) in [4.78, 5) is 0. The second-order valence-electron chi connectivity index (χ2n) is 5.37. The summed E-state index contributed by atoms with van der Waals surface area (Å²) in [7, 11) is 0. The summed E-state index contributed by atoms with van der Waals surface area (Å²) in [5.41, 5.74) is 0.298. The van der Waals surface area contributed by atoms with E-state index in [-0.39, 0.29) is 5.60 Å². The Morgan fingerprint density at radius 1 is 1.00 bits per heavy atom. The Morgan fingerprint density at radius 3 is 1.83 bits per heavy atom. The van der Waals surface area contributed by atoms with Crippen molar-refractivity contribution in [3.8, 4) is 0 Å². The standard InChI is InChI=1S/C11H22O/c1-10(2,3)8-7-9-12-11(4,5)6/h7,9H,8H2,1-6H3/b9-7-. The van der Waals surface area contributed by atoms with Gasteiger partial charge in [-0.05, 0) is 38.7 Å². The molecule has 1 nitrogen and oxygen atoms in total. The van der Waals surface area contributed by atoms with Gasteiger partial charge >= 0.3 is 0 Å². The molecule has 0 spiro atoms. The normalized spacial score (nSPS) is 13.8. The first-order chi connectivity index (χ1) is 5.21. The van der Waals surface area contributed by atoms with Crippen LogP contribution in [0.25, 0.3) is 0 Å². The van der Waals surface area contributed by atoms with Crippen molar-refractivity contribution in [2.24, 2.45) is 5.41 Å². The van der Waals surface area contributed by atoms with Crippen molar-refractivity contribution in [2.45, 2.75) is 53.6 Å². The lowest BCUT2D eigenvalue weighted by Crippen LogP contribution is -2.15. The maximum atomic E-state index is 5.44. The highest BCUT2D eigenvalue weighted by Crippen LogP contribution is 2.19. The van der Waals surface area contributed by atoms with Gasteiger partial charge in [-0.15, -0.1) is 0 Å². The largest absolute Gasteiger partial charge is 0.496 e. The molecule has 0 aromatic heterocycles. The molecule has 0 aliphatic heterocycles. The fourth-order valence-corrected chi connectivity index (χ4v) is 0.654. The minimum atomic E-state index is -0.0611. The van der Waals surface area contributed by atoms with Gasteiger partial charge in [0.1, 0.15) is 0 Å². The van der Waals surface area contributed by atoms with Crippen LogP contribution in [0.2, 0.25) is 0 Å². The van der Waals surface area contributed by atoms with Gasteiger partial charge in [-0.25, -0.2) is 0 Å². The Labute approximate surface area is 76.8 Å². The molecule has 0 aliphatic carbocycles. The quantitative estimate of drug-likeness (QED) is 0.573. The Bertz CT molecular complexity index is 125. The molecule has 0 bridgehead atoms. The highest BCUT2D eigenvalue weighted by Gasteiger charge is 2.09. The van der Waals surface area contributed by atoms with Gasteiger partial charge in [-0.3, -0.25) is 0 Å². The Balaban J connectivity index is 3.66. The van der Waals surface area contributed by atoms with Gasteiger partial charge in [0.05, 0.1) is 11.9 Å². The van der Waals surface area contributed by atoms with E-state index in [1.165, 1.54) is 0 Å². The first-order valence-electron chi connectivity index (χ1n) is 4.53. The van der Waals surface area contributed by atoms with Gasteiger partial charge in [0.25, 0.3) is 0 Å². The van der Waals surface area contributed by atoms with Crippen molar-refractivity contribution in [1.82, 2.24) is 0 Å². The minimum absolute atomic E-state index is 0.0611. The summed E-state index contributed by atoms with van der Waals surface area (Å²) in [6, 6.07) is 0. The van der Waals surface area contributed by atoms with Crippen LogP contribution >= 0.6 is 0 Å². The Hall–Kier alpha value is -0.460. The van der Waals surface area contributed by atoms with Crippen LogP contribution in [0.1, 0.15) is 48.0 Å². The minimum Gasteiger partial charge on any atom is -0.496 e. The van der Waals surface area contributed by atoms with Crippen LogP contribution in [0.4, 0.5) is 0 Å². The van der Waals surface area contributed by atoms with E-state index >= 15 is 0 Å². The number of hydrogen-bond acceptors (Lipinski definition) is 1. The lowest BCUT2D eigenvalue weighted by atomic mass is 9.92. The number of rotatable bonds is 2. The second-order valence-corrected chi connectivity index (χ2v) is 5.37. The molecule has 0 atom stereocenters. The van der Waals surface area contributed by atoms with E-state index < -0.39 is 0 Å².